The van der Waals surface area contributed by atoms with Gasteiger partial charge in [-0.1, -0.05) is 42.5 Å². The molecule has 6 nitrogen and oxygen atoms in total. The van der Waals surface area contributed by atoms with Crippen LogP contribution in [0.2, 0.25) is 0 Å². The molecule has 0 amide bonds. The molecule has 8 rings (SSSR count). The largest absolute Gasteiger partial charge is 0.389 e. The first-order valence-corrected chi connectivity index (χ1v) is 16.4. The highest BCUT2D eigenvalue weighted by Gasteiger charge is 2.65. The molecule has 1 aliphatic carbocycles. The molecule has 2 saturated heterocycles. The maximum absolute atomic E-state index is 13.0. The fraction of sp³-hybridized carbons (Fsp3) is 0.528. The van der Waals surface area contributed by atoms with Crippen LogP contribution in [0.25, 0.3) is 27.4 Å². The van der Waals surface area contributed by atoms with Gasteiger partial charge < -0.3 is 20.1 Å². The van der Waals surface area contributed by atoms with Gasteiger partial charge in [-0.05, 0) is 107 Å². The average Bonchev–Trinajstić information content (AvgIpc) is 3.50. The topological polar surface area (TPSA) is 75.6 Å². The quantitative estimate of drug-likeness (QED) is 0.325. The summed E-state index contributed by atoms with van der Waals surface area (Å²) < 4.78 is 0. The van der Waals surface area contributed by atoms with Crippen LogP contribution in [0.1, 0.15) is 63.5 Å². The summed E-state index contributed by atoms with van der Waals surface area (Å²) in [6.07, 6.45) is 21.7. The first kappa shape index (κ1) is 26.8. The molecule has 1 spiro atoms. The minimum Gasteiger partial charge on any atom is -0.389 e. The number of rotatable bonds is 1. The lowest BCUT2D eigenvalue weighted by molar-refractivity contribution is -0.0850. The summed E-state index contributed by atoms with van der Waals surface area (Å²) in [5, 5.41) is 26.2. The SMILES string of the molecule is O[C@H]1/C=C/C[C@]2(O)C=C(c3nccc4c3[nH]c3ccccc34)C3CCN(CCCC1)C[C@@]31C[C@@H]3/C=C\CCCCN3[C@H]12. The molecule has 5 aliphatic rings. The van der Waals surface area contributed by atoms with Gasteiger partial charge in [0, 0.05) is 40.5 Å². The Labute approximate surface area is 248 Å². The van der Waals surface area contributed by atoms with Gasteiger partial charge in [0.15, 0.2) is 0 Å². The Bertz CT molecular complexity index is 1570. The Hall–Kier alpha value is -2.77. The van der Waals surface area contributed by atoms with E-state index in [9.17, 15) is 10.2 Å². The Morgan fingerprint density at radius 1 is 0.929 bits per heavy atom. The van der Waals surface area contributed by atoms with Crippen LogP contribution < -0.4 is 0 Å². The molecule has 0 radical (unpaired) electrons. The zero-order valence-corrected chi connectivity index (χ0v) is 24.6. The lowest BCUT2D eigenvalue weighted by Gasteiger charge is -2.58. The van der Waals surface area contributed by atoms with Crippen LogP contribution in [0.3, 0.4) is 0 Å². The smallest absolute Gasteiger partial charge is 0.103 e. The highest BCUT2D eigenvalue weighted by molar-refractivity contribution is 6.09. The number of aliphatic hydroxyl groups is 2. The fourth-order valence-corrected chi connectivity index (χ4v) is 9.60. The fourth-order valence-electron chi connectivity index (χ4n) is 9.60. The van der Waals surface area contributed by atoms with E-state index >= 15 is 0 Å². The number of piperidine rings is 1. The molecule has 3 N–H and O–H groups in total. The molecule has 0 saturated carbocycles. The molecule has 6 heteroatoms. The number of H-pyrrole nitrogens is 1. The lowest BCUT2D eigenvalue weighted by atomic mass is 9.54. The summed E-state index contributed by atoms with van der Waals surface area (Å²) in [6, 6.07) is 11.0. The number of para-hydroxylation sites is 1. The van der Waals surface area contributed by atoms with E-state index < -0.39 is 11.7 Å². The summed E-state index contributed by atoms with van der Waals surface area (Å²) in [5.41, 5.74) is 3.29. The molecule has 1 aromatic carbocycles. The van der Waals surface area contributed by atoms with Crippen molar-refractivity contribution >= 4 is 27.4 Å². The van der Waals surface area contributed by atoms with Gasteiger partial charge in [-0.2, -0.15) is 0 Å². The summed E-state index contributed by atoms with van der Waals surface area (Å²) in [6.45, 7) is 4.17. The van der Waals surface area contributed by atoms with Crippen molar-refractivity contribution in [2.45, 2.75) is 81.6 Å². The summed E-state index contributed by atoms with van der Waals surface area (Å²) >= 11 is 0. The first-order chi connectivity index (χ1) is 20.6. The van der Waals surface area contributed by atoms with Gasteiger partial charge in [0.25, 0.3) is 0 Å². The van der Waals surface area contributed by atoms with Crippen LogP contribution >= 0.6 is 0 Å². The molecule has 2 fully saturated rings. The van der Waals surface area contributed by atoms with Crippen molar-refractivity contribution in [1.29, 1.82) is 0 Å². The summed E-state index contributed by atoms with van der Waals surface area (Å²) in [5.74, 6) is 0.324. The molecular weight excluding hydrogens is 520 g/mol. The molecular formula is C36H44N4O2. The molecule has 3 bridgehead atoms. The van der Waals surface area contributed by atoms with Gasteiger partial charge in [-0.15, -0.1) is 0 Å². The molecule has 3 aromatic rings. The maximum atomic E-state index is 13.0. The van der Waals surface area contributed by atoms with Gasteiger partial charge in [-0.25, -0.2) is 0 Å². The molecule has 2 aromatic heterocycles. The van der Waals surface area contributed by atoms with Crippen molar-refractivity contribution in [3.8, 4) is 0 Å². The number of hydrogen-bond acceptors (Lipinski definition) is 5. The van der Waals surface area contributed by atoms with E-state index in [2.05, 4.69) is 69.4 Å². The van der Waals surface area contributed by atoms with E-state index in [0.717, 1.165) is 81.4 Å². The first-order valence-electron chi connectivity index (χ1n) is 16.4. The number of pyridine rings is 1. The standard InChI is InChI=1S/C36H44N4O2/c41-26-11-6-8-19-39-21-16-30-29(32-33-28(15-18-37-32)27-13-4-5-14-31(27)38-33)23-36(42,17-9-12-26)34-35(30,24-39)22-25-10-3-1-2-7-20-40(25)34/h3-5,9-10,12-15,18,23,25-26,30,34,38,41-42H,1-2,6-8,11,16-17,19-22,24H2/b10-3-,12-9+/t25-,26+,30?,34+,35-,36-/m0/s1. The third-order valence-corrected chi connectivity index (χ3v) is 11.2. The number of aromatic nitrogens is 2. The van der Waals surface area contributed by atoms with Gasteiger partial charge >= 0.3 is 0 Å². The zero-order chi connectivity index (χ0) is 28.3. The van der Waals surface area contributed by atoms with Gasteiger partial charge in [0.05, 0.1) is 23.4 Å². The van der Waals surface area contributed by atoms with E-state index in [1.165, 1.54) is 29.2 Å². The van der Waals surface area contributed by atoms with Crippen molar-refractivity contribution in [2.75, 3.05) is 26.2 Å². The number of aromatic amines is 1. The second-order valence-electron chi connectivity index (χ2n) is 13.7. The highest BCUT2D eigenvalue weighted by Crippen LogP contribution is 2.61. The van der Waals surface area contributed by atoms with Crippen LogP contribution in [-0.4, -0.2) is 79.9 Å². The van der Waals surface area contributed by atoms with Crippen molar-refractivity contribution in [2.24, 2.45) is 11.3 Å². The Morgan fingerprint density at radius 3 is 2.79 bits per heavy atom. The van der Waals surface area contributed by atoms with Crippen molar-refractivity contribution in [3.63, 3.8) is 0 Å². The van der Waals surface area contributed by atoms with E-state index in [1.54, 1.807) is 0 Å². The number of aliphatic hydroxyl groups excluding tert-OH is 1. The monoisotopic (exact) mass is 564 g/mol. The van der Waals surface area contributed by atoms with Gasteiger partial charge in [0.2, 0.25) is 0 Å². The predicted molar refractivity (Wildman–Crippen MR) is 169 cm³/mol. The second-order valence-corrected chi connectivity index (χ2v) is 13.7. The minimum absolute atomic E-state index is 0.0266. The number of hydrogen-bond donors (Lipinski definition) is 3. The molecule has 2 unspecified atom stereocenters. The van der Waals surface area contributed by atoms with Gasteiger partial charge in [0.1, 0.15) is 5.60 Å². The molecule has 220 valence electrons. The van der Waals surface area contributed by atoms with Crippen LogP contribution in [0, 0.1) is 11.3 Å². The van der Waals surface area contributed by atoms with Crippen molar-refractivity contribution < 1.29 is 10.2 Å². The Morgan fingerprint density at radius 2 is 1.83 bits per heavy atom. The van der Waals surface area contributed by atoms with Crippen molar-refractivity contribution in [3.05, 3.63) is 72.6 Å². The highest BCUT2D eigenvalue weighted by atomic mass is 16.3. The normalized spacial score (nSPS) is 38.8. The third-order valence-electron chi connectivity index (χ3n) is 11.2. The van der Waals surface area contributed by atoms with E-state index in [4.69, 9.17) is 4.98 Å². The Balaban J connectivity index is 1.35. The van der Waals surface area contributed by atoms with E-state index in [0.29, 0.717) is 18.4 Å². The number of benzene rings is 1. The third kappa shape index (κ3) is 4.25. The van der Waals surface area contributed by atoms with E-state index in [-0.39, 0.29) is 11.5 Å². The Kier molecular flexibility index (Phi) is 6.67. The molecule has 42 heavy (non-hydrogen) atoms. The van der Waals surface area contributed by atoms with E-state index in [1.807, 2.05) is 12.3 Å². The molecule has 4 aliphatic heterocycles. The average molecular weight is 565 g/mol. The predicted octanol–water partition coefficient (Wildman–Crippen LogP) is 5.83. The van der Waals surface area contributed by atoms with Crippen LogP contribution in [-0.2, 0) is 0 Å². The minimum atomic E-state index is -1.06. The second kappa shape index (κ2) is 10.4. The number of allylic oxidation sites excluding steroid dienone is 2. The van der Waals surface area contributed by atoms with Crippen molar-refractivity contribution in [1.82, 2.24) is 19.8 Å². The zero-order valence-electron chi connectivity index (χ0n) is 24.6. The number of nitrogens with one attached hydrogen (secondary N) is 1. The number of fused-ring (bicyclic) bond motifs is 5. The molecule has 7 atom stereocenters. The summed E-state index contributed by atoms with van der Waals surface area (Å²) in [4.78, 5) is 14.2. The summed E-state index contributed by atoms with van der Waals surface area (Å²) in [7, 11) is 0. The lowest BCUT2D eigenvalue weighted by Crippen LogP contribution is -2.65. The maximum Gasteiger partial charge on any atom is 0.103 e. The number of nitrogens with zero attached hydrogens (tertiary/aromatic N) is 3. The van der Waals surface area contributed by atoms with Gasteiger partial charge in [-0.3, -0.25) is 9.88 Å². The van der Waals surface area contributed by atoms with Crippen LogP contribution in [0.4, 0.5) is 0 Å². The van der Waals surface area contributed by atoms with Crippen LogP contribution in [0.5, 0.6) is 0 Å². The van der Waals surface area contributed by atoms with Crippen LogP contribution in [0.15, 0.2) is 66.9 Å². The molecule has 6 heterocycles.